The van der Waals surface area contributed by atoms with Gasteiger partial charge in [-0.15, -0.1) is 0 Å². The lowest BCUT2D eigenvalue weighted by Crippen LogP contribution is -2.48. The summed E-state index contributed by atoms with van der Waals surface area (Å²) in [5.74, 6) is 0.142. The molecule has 1 aliphatic rings. The molecule has 0 aliphatic carbocycles. The van der Waals surface area contributed by atoms with Crippen LogP contribution in [0.5, 0.6) is 0 Å². The van der Waals surface area contributed by atoms with Crippen LogP contribution in [-0.4, -0.2) is 46.9 Å². The van der Waals surface area contributed by atoms with Crippen LogP contribution in [0.1, 0.15) is 21.5 Å². The molecule has 4 nitrogen and oxygen atoms in total. The SMILES string of the molecule is Cc1ccc(C(=O)N2CCN(Cc3ccncc3)CC2)cc1. The van der Waals surface area contributed by atoms with Crippen molar-refractivity contribution in [2.24, 2.45) is 0 Å². The standard InChI is InChI=1S/C18H21N3O/c1-15-2-4-17(5-3-15)18(22)21-12-10-20(11-13-21)14-16-6-8-19-9-7-16/h2-9H,10-14H2,1H3. The summed E-state index contributed by atoms with van der Waals surface area (Å²) in [4.78, 5) is 20.9. The van der Waals surface area contributed by atoms with Gasteiger partial charge in [0.1, 0.15) is 0 Å². The molecule has 0 bridgehead atoms. The van der Waals surface area contributed by atoms with Crippen molar-refractivity contribution in [1.29, 1.82) is 0 Å². The van der Waals surface area contributed by atoms with E-state index >= 15 is 0 Å². The van der Waals surface area contributed by atoms with Gasteiger partial charge in [-0.1, -0.05) is 17.7 Å². The van der Waals surface area contributed by atoms with Gasteiger partial charge in [0.15, 0.2) is 0 Å². The third kappa shape index (κ3) is 3.52. The fraction of sp³-hybridized carbons (Fsp3) is 0.333. The predicted octanol–water partition coefficient (Wildman–Crippen LogP) is 2.35. The lowest BCUT2D eigenvalue weighted by atomic mass is 10.1. The van der Waals surface area contributed by atoms with E-state index in [0.29, 0.717) is 0 Å². The van der Waals surface area contributed by atoms with Crippen LogP contribution in [0, 0.1) is 6.92 Å². The third-order valence-corrected chi connectivity index (χ3v) is 4.11. The fourth-order valence-electron chi connectivity index (χ4n) is 2.73. The molecule has 0 unspecified atom stereocenters. The van der Waals surface area contributed by atoms with Crippen LogP contribution < -0.4 is 0 Å². The Balaban J connectivity index is 1.55. The van der Waals surface area contributed by atoms with E-state index in [9.17, 15) is 4.79 Å². The van der Waals surface area contributed by atoms with Crippen molar-refractivity contribution in [3.63, 3.8) is 0 Å². The molecule has 0 atom stereocenters. The second kappa shape index (κ2) is 6.71. The van der Waals surface area contributed by atoms with Crippen LogP contribution >= 0.6 is 0 Å². The Kier molecular flexibility index (Phi) is 4.49. The molecule has 22 heavy (non-hydrogen) atoms. The highest BCUT2D eigenvalue weighted by Gasteiger charge is 2.21. The smallest absolute Gasteiger partial charge is 0.253 e. The van der Waals surface area contributed by atoms with Crippen molar-refractivity contribution in [2.45, 2.75) is 13.5 Å². The number of carbonyl (C=O) groups excluding carboxylic acids is 1. The number of hydrogen-bond donors (Lipinski definition) is 0. The zero-order valence-electron chi connectivity index (χ0n) is 12.9. The molecule has 1 aliphatic heterocycles. The molecule has 3 rings (SSSR count). The molecule has 0 radical (unpaired) electrons. The van der Waals surface area contributed by atoms with Crippen LogP contribution in [0.4, 0.5) is 0 Å². The number of rotatable bonds is 3. The summed E-state index contributed by atoms with van der Waals surface area (Å²) in [6, 6.07) is 11.9. The molecule has 1 aromatic heterocycles. The molecule has 114 valence electrons. The summed E-state index contributed by atoms with van der Waals surface area (Å²) < 4.78 is 0. The molecule has 1 saturated heterocycles. The lowest BCUT2D eigenvalue weighted by molar-refractivity contribution is 0.0628. The number of piperazine rings is 1. The van der Waals surface area contributed by atoms with Crippen LogP contribution in [0.25, 0.3) is 0 Å². The first kappa shape index (κ1) is 14.7. The predicted molar refractivity (Wildman–Crippen MR) is 86.6 cm³/mol. The molecule has 1 fully saturated rings. The molecule has 0 saturated carbocycles. The zero-order chi connectivity index (χ0) is 15.4. The number of hydrogen-bond acceptors (Lipinski definition) is 3. The Morgan fingerprint density at radius 3 is 2.27 bits per heavy atom. The number of aryl methyl sites for hydroxylation is 1. The Hall–Kier alpha value is -2.20. The Morgan fingerprint density at radius 1 is 1.00 bits per heavy atom. The Morgan fingerprint density at radius 2 is 1.64 bits per heavy atom. The van der Waals surface area contributed by atoms with Gasteiger partial charge < -0.3 is 4.90 Å². The van der Waals surface area contributed by atoms with E-state index < -0.39 is 0 Å². The van der Waals surface area contributed by atoms with Crippen LogP contribution in [0.15, 0.2) is 48.8 Å². The molecular formula is C18H21N3O. The average Bonchev–Trinajstić information content (AvgIpc) is 2.57. The van der Waals surface area contributed by atoms with Crippen LogP contribution in [0.3, 0.4) is 0 Å². The maximum atomic E-state index is 12.5. The largest absolute Gasteiger partial charge is 0.336 e. The Labute approximate surface area is 131 Å². The maximum Gasteiger partial charge on any atom is 0.253 e. The first-order chi connectivity index (χ1) is 10.7. The number of benzene rings is 1. The van der Waals surface area contributed by atoms with Gasteiger partial charge in [-0.05, 0) is 36.8 Å². The topological polar surface area (TPSA) is 36.4 Å². The van der Waals surface area contributed by atoms with Gasteiger partial charge in [-0.25, -0.2) is 0 Å². The van der Waals surface area contributed by atoms with Crippen LogP contribution in [0.2, 0.25) is 0 Å². The molecule has 2 aromatic rings. The second-order valence-electron chi connectivity index (χ2n) is 5.79. The Bertz CT molecular complexity index is 617. The van der Waals surface area contributed by atoms with Gasteiger partial charge in [-0.2, -0.15) is 0 Å². The first-order valence-electron chi connectivity index (χ1n) is 7.69. The molecule has 4 heteroatoms. The number of amides is 1. The minimum atomic E-state index is 0.142. The van der Waals surface area contributed by atoms with Gasteiger partial charge in [0.05, 0.1) is 0 Å². The summed E-state index contributed by atoms with van der Waals surface area (Å²) in [6.07, 6.45) is 3.65. The highest BCUT2D eigenvalue weighted by atomic mass is 16.2. The van der Waals surface area contributed by atoms with Gasteiger partial charge in [0.25, 0.3) is 5.91 Å². The minimum absolute atomic E-state index is 0.142. The van der Waals surface area contributed by atoms with E-state index in [1.807, 2.05) is 60.6 Å². The average molecular weight is 295 g/mol. The highest BCUT2D eigenvalue weighted by molar-refractivity contribution is 5.94. The van der Waals surface area contributed by atoms with Gasteiger partial charge in [-0.3, -0.25) is 14.7 Å². The maximum absolute atomic E-state index is 12.5. The normalized spacial score (nSPS) is 15.8. The fourth-order valence-corrected chi connectivity index (χ4v) is 2.73. The number of aromatic nitrogens is 1. The molecule has 1 amide bonds. The van der Waals surface area contributed by atoms with E-state index in [4.69, 9.17) is 0 Å². The van der Waals surface area contributed by atoms with E-state index in [1.54, 1.807) is 0 Å². The summed E-state index contributed by atoms with van der Waals surface area (Å²) in [6.45, 7) is 6.37. The van der Waals surface area contributed by atoms with E-state index in [1.165, 1.54) is 11.1 Å². The number of carbonyl (C=O) groups is 1. The second-order valence-corrected chi connectivity index (χ2v) is 5.79. The quantitative estimate of drug-likeness (QED) is 0.872. The summed E-state index contributed by atoms with van der Waals surface area (Å²) in [5.41, 5.74) is 3.24. The zero-order valence-corrected chi connectivity index (χ0v) is 12.9. The minimum Gasteiger partial charge on any atom is -0.336 e. The molecular weight excluding hydrogens is 274 g/mol. The van der Waals surface area contributed by atoms with Crippen LogP contribution in [-0.2, 0) is 6.54 Å². The van der Waals surface area contributed by atoms with E-state index in [0.717, 1.165) is 38.3 Å². The van der Waals surface area contributed by atoms with Crippen molar-refractivity contribution in [3.05, 3.63) is 65.5 Å². The van der Waals surface area contributed by atoms with Gasteiger partial charge >= 0.3 is 0 Å². The van der Waals surface area contributed by atoms with Crippen molar-refractivity contribution < 1.29 is 4.79 Å². The van der Waals surface area contributed by atoms with E-state index in [-0.39, 0.29) is 5.91 Å². The monoisotopic (exact) mass is 295 g/mol. The van der Waals surface area contributed by atoms with Gasteiger partial charge in [0, 0.05) is 50.7 Å². The van der Waals surface area contributed by atoms with Crippen molar-refractivity contribution >= 4 is 5.91 Å². The molecule has 2 heterocycles. The van der Waals surface area contributed by atoms with E-state index in [2.05, 4.69) is 9.88 Å². The third-order valence-electron chi connectivity index (χ3n) is 4.11. The molecule has 1 aromatic carbocycles. The van der Waals surface area contributed by atoms with Crippen molar-refractivity contribution in [2.75, 3.05) is 26.2 Å². The van der Waals surface area contributed by atoms with Crippen molar-refractivity contribution in [3.8, 4) is 0 Å². The molecule has 0 spiro atoms. The molecule has 0 N–H and O–H groups in total. The lowest BCUT2D eigenvalue weighted by Gasteiger charge is -2.34. The first-order valence-corrected chi connectivity index (χ1v) is 7.69. The summed E-state index contributed by atoms with van der Waals surface area (Å²) in [5, 5.41) is 0. The number of nitrogens with zero attached hydrogens (tertiary/aromatic N) is 3. The summed E-state index contributed by atoms with van der Waals surface area (Å²) >= 11 is 0. The highest BCUT2D eigenvalue weighted by Crippen LogP contribution is 2.12. The van der Waals surface area contributed by atoms with Gasteiger partial charge in [0.2, 0.25) is 0 Å². The number of pyridine rings is 1. The van der Waals surface area contributed by atoms with Crippen molar-refractivity contribution in [1.82, 2.24) is 14.8 Å². The summed E-state index contributed by atoms with van der Waals surface area (Å²) in [7, 11) is 0.